The second kappa shape index (κ2) is 7.19. The van der Waals surface area contributed by atoms with Gasteiger partial charge in [0.1, 0.15) is 5.75 Å². The summed E-state index contributed by atoms with van der Waals surface area (Å²) in [6.45, 7) is 2.03. The lowest BCUT2D eigenvalue weighted by Gasteiger charge is -2.08. The molecule has 0 aliphatic heterocycles. The quantitative estimate of drug-likeness (QED) is 0.773. The molecule has 0 bridgehead atoms. The van der Waals surface area contributed by atoms with Crippen molar-refractivity contribution in [1.29, 1.82) is 0 Å². The van der Waals surface area contributed by atoms with Crippen molar-refractivity contribution >= 4 is 11.3 Å². The first-order valence-corrected chi connectivity index (χ1v) is 7.13. The number of rotatable bonds is 7. The topological polar surface area (TPSA) is 21.3 Å². The standard InChI is InChI=1S/C15H19NOS/c1-17-15-7-3-2-5-13(15)8-10-16-11-9-14-6-4-12-18-14/h2-7,12,16H,8-11H2,1H3. The molecule has 1 aromatic carbocycles. The van der Waals surface area contributed by atoms with Gasteiger partial charge in [0, 0.05) is 4.88 Å². The summed E-state index contributed by atoms with van der Waals surface area (Å²) in [6.07, 6.45) is 2.12. The van der Waals surface area contributed by atoms with E-state index >= 15 is 0 Å². The predicted octanol–water partition coefficient (Wildman–Crippen LogP) is 3.13. The zero-order chi connectivity index (χ0) is 12.6. The highest BCUT2D eigenvalue weighted by Gasteiger charge is 2.00. The van der Waals surface area contributed by atoms with E-state index in [-0.39, 0.29) is 0 Å². The van der Waals surface area contributed by atoms with Gasteiger partial charge >= 0.3 is 0 Å². The Labute approximate surface area is 113 Å². The van der Waals surface area contributed by atoms with E-state index in [2.05, 4.69) is 35.0 Å². The van der Waals surface area contributed by atoms with Gasteiger partial charge in [0.25, 0.3) is 0 Å². The first-order chi connectivity index (χ1) is 8.90. The number of nitrogens with one attached hydrogen (secondary N) is 1. The van der Waals surface area contributed by atoms with Crippen LogP contribution in [0.25, 0.3) is 0 Å². The number of benzene rings is 1. The molecule has 18 heavy (non-hydrogen) atoms. The summed E-state index contributed by atoms with van der Waals surface area (Å²) < 4.78 is 5.34. The molecule has 0 amide bonds. The molecule has 0 saturated heterocycles. The van der Waals surface area contributed by atoms with Crippen LogP contribution in [0.4, 0.5) is 0 Å². The van der Waals surface area contributed by atoms with Crippen molar-refractivity contribution in [2.45, 2.75) is 12.8 Å². The Morgan fingerprint density at radius 3 is 2.67 bits per heavy atom. The molecule has 0 unspecified atom stereocenters. The SMILES string of the molecule is COc1ccccc1CCNCCc1cccs1. The number of methoxy groups -OCH3 is 1. The third kappa shape index (κ3) is 3.86. The molecule has 2 aromatic rings. The Morgan fingerprint density at radius 1 is 1.06 bits per heavy atom. The Hall–Kier alpha value is -1.32. The van der Waals surface area contributed by atoms with Crippen LogP contribution in [0.1, 0.15) is 10.4 Å². The molecular weight excluding hydrogens is 242 g/mol. The fourth-order valence-corrected chi connectivity index (χ4v) is 2.63. The van der Waals surface area contributed by atoms with Gasteiger partial charge in [0.05, 0.1) is 7.11 Å². The van der Waals surface area contributed by atoms with Crippen LogP contribution in [0.3, 0.4) is 0 Å². The molecule has 0 radical (unpaired) electrons. The zero-order valence-corrected chi connectivity index (χ0v) is 11.5. The molecule has 0 aliphatic carbocycles. The lowest BCUT2D eigenvalue weighted by molar-refractivity contribution is 0.409. The minimum absolute atomic E-state index is 0.984. The van der Waals surface area contributed by atoms with Crippen LogP contribution in [0.2, 0.25) is 0 Å². The van der Waals surface area contributed by atoms with Crippen molar-refractivity contribution in [2.24, 2.45) is 0 Å². The largest absolute Gasteiger partial charge is 0.496 e. The normalized spacial score (nSPS) is 10.5. The monoisotopic (exact) mass is 261 g/mol. The van der Waals surface area contributed by atoms with E-state index in [1.165, 1.54) is 10.4 Å². The van der Waals surface area contributed by atoms with Gasteiger partial charge in [0.15, 0.2) is 0 Å². The summed E-state index contributed by atoms with van der Waals surface area (Å²) in [6, 6.07) is 12.5. The van der Waals surface area contributed by atoms with Crippen LogP contribution < -0.4 is 10.1 Å². The highest BCUT2D eigenvalue weighted by molar-refractivity contribution is 7.09. The first kappa shape index (κ1) is 13.1. The minimum atomic E-state index is 0.984. The maximum absolute atomic E-state index is 5.34. The average Bonchev–Trinajstić information content (AvgIpc) is 2.92. The summed E-state index contributed by atoms with van der Waals surface area (Å²) in [5.41, 5.74) is 1.27. The Bertz CT molecular complexity index is 453. The molecule has 1 heterocycles. The van der Waals surface area contributed by atoms with Gasteiger partial charge in [-0.05, 0) is 49.0 Å². The Morgan fingerprint density at radius 2 is 1.89 bits per heavy atom. The van der Waals surface area contributed by atoms with E-state index < -0.39 is 0 Å². The number of para-hydroxylation sites is 1. The second-order valence-electron chi connectivity index (χ2n) is 4.14. The number of ether oxygens (including phenoxy) is 1. The van der Waals surface area contributed by atoms with Crippen molar-refractivity contribution in [3.05, 3.63) is 52.2 Å². The summed E-state index contributed by atoms with van der Waals surface area (Å²) in [4.78, 5) is 1.44. The second-order valence-corrected chi connectivity index (χ2v) is 5.17. The smallest absolute Gasteiger partial charge is 0.122 e. The van der Waals surface area contributed by atoms with Gasteiger partial charge in [-0.3, -0.25) is 0 Å². The first-order valence-electron chi connectivity index (χ1n) is 6.25. The predicted molar refractivity (Wildman–Crippen MR) is 77.6 cm³/mol. The molecule has 96 valence electrons. The van der Waals surface area contributed by atoms with Crippen LogP contribution in [0, 0.1) is 0 Å². The summed E-state index contributed by atoms with van der Waals surface area (Å²) in [5.74, 6) is 0.984. The van der Waals surface area contributed by atoms with Gasteiger partial charge in [-0.25, -0.2) is 0 Å². The highest BCUT2D eigenvalue weighted by atomic mass is 32.1. The molecule has 1 N–H and O–H groups in total. The molecule has 2 nitrogen and oxygen atoms in total. The Balaban J connectivity index is 1.69. The number of thiophene rings is 1. The molecule has 0 saturated carbocycles. The maximum Gasteiger partial charge on any atom is 0.122 e. The van der Waals surface area contributed by atoms with E-state index in [0.29, 0.717) is 0 Å². The molecular formula is C15H19NOS. The molecule has 0 aliphatic rings. The minimum Gasteiger partial charge on any atom is -0.496 e. The lowest BCUT2D eigenvalue weighted by Crippen LogP contribution is -2.20. The van der Waals surface area contributed by atoms with Gasteiger partial charge in [-0.15, -0.1) is 11.3 Å². The summed E-state index contributed by atoms with van der Waals surface area (Å²) in [7, 11) is 1.73. The molecule has 1 aromatic heterocycles. The molecule has 0 fully saturated rings. The lowest BCUT2D eigenvalue weighted by atomic mass is 10.1. The molecule has 3 heteroatoms. The van der Waals surface area contributed by atoms with Crippen molar-refractivity contribution in [2.75, 3.05) is 20.2 Å². The fourth-order valence-electron chi connectivity index (χ4n) is 1.92. The maximum atomic E-state index is 5.34. The van der Waals surface area contributed by atoms with E-state index in [4.69, 9.17) is 4.74 Å². The van der Waals surface area contributed by atoms with Crippen LogP contribution in [-0.2, 0) is 12.8 Å². The fraction of sp³-hybridized carbons (Fsp3) is 0.333. The number of hydrogen-bond donors (Lipinski definition) is 1. The van der Waals surface area contributed by atoms with E-state index in [1.807, 2.05) is 23.5 Å². The third-order valence-electron chi connectivity index (χ3n) is 2.89. The van der Waals surface area contributed by atoms with Crippen LogP contribution in [-0.4, -0.2) is 20.2 Å². The third-order valence-corrected chi connectivity index (χ3v) is 3.83. The van der Waals surface area contributed by atoms with Crippen LogP contribution in [0.5, 0.6) is 5.75 Å². The van der Waals surface area contributed by atoms with Gasteiger partial charge in [-0.1, -0.05) is 24.3 Å². The van der Waals surface area contributed by atoms with Crippen molar-refractivity contribution < 1.29 is 4.74 Å². The molecule has 0 spiro atoms. The highest BCUT2D eigenvalue weighted by Crippen LogP contribution is 2.17. The van der Waals surface area contributed by atoms with Crippen molar-refractivity contribution in [3.8, 4) is 5.75 Å². The van der Waals surface area contributed by atoms with Crippen molar-refractivity contribution in [1.82, 2.24) is 5.32 Å². The zero-order valence-electron chi connectivity index (χ0n) is 10.7. The molecule has 2 rings (SSSR count). The van der Waals surface area contributed by atoms with Crippen LogP contribution >= 0.6 is 11.3 Å². The number of hydrogen-bond acceptors (Lipinski definition) is 3. The van der Waals surface area contributed by atoms with Gasteiger partial charge < -0.3 is 10.1 Å². The van der Waals surface area contributed by atoms with Crippen LogP contribution in [0.15, 0.2) is 41.8 Å². The molecule has 0 atom stereocenters. The average molecular weight is 261 g/mol. The van der Waals surface area contributed by atoms with Gasteiger partial charge in [0.2, 0.25) is 0 Å². The van der Waals surface area contributed by atoms with E-state index in [1.54, 1.807) is 7.11 Å². The van der Waals surface area contributed by atoms with E-state index in [0.717, 1.165) is 31.7 Å². The summed E-state index contributed by atoms with van der Waals surface area (Å²) >= 11 is 1.82. The summed E-state index contributed by atoms with van der Waals surface area (Å²) in [5, 5.41) is 5.60. The Kier molecular flexibility index (Phi) is 5.24. The van der Waals surface area contributed by atoms with E-state index in [9.17, 15) is 0 Å². The van der Waals surface area contributed by atoms with Crippen molar-refractivity contribution in [3.63, 3.8) is 0 Å². The van der Waals surface area contributed by atoms with Gasteiger partial charge in [-0.2, -0.15) is 0 Å².